The summed E-state index contributed by atoms with van der Waals surface area (Å²) in [4.78, 5) is 0. The third-order valence-electron chi connectivity index (χ3n) is 3.84. The van der Waals surface area contributed by atoms with Crippen molar-refractivity contribution in [3.05, 3.63) is 34.9 Å². The normalized spacial score (nSPS) is 25.9. The molecule has 1 saturated carbocycles. The van der Waals surface area contributed by atoms with Gasteiger partial charge in [0, 0.05) is 24.2 Å². The van der Waals surface area contributed by atoms with Crippen molar-refractivity contribution in [2.75, 3.05) is 7.11 Å². The van der Waals surface area contributed by atoms with Crippen molar-refractivity contribution in [2.24, 2.45) is 0 Å². The zero-order valence-corrected chi connectivity index (χ0v) is 11.9. The number of nitrogens with one attached hydrogen (secondary N) is 1. The highest BCUT2D eigenvalue weighted by Crippen LogP contribution is 2.24. The number of ether oxygens (including phenoxy) is 1. The number of halogens is 1. The second-order valence-electron chi connectivity index (χ2n) is 5.15. The molecule has 1 fully saturated rings. The highest BCUT2D eigenvalue weighted by atomic mass is 35.5. The van der Waals surface area contributed by atoms with Crippen LogP contribution in [0.4, 0.5) is 0 Å². The molecule has 0 bridgehead atoms. The van der Waals surface area contributed by atoms with Crippen LogP contribution in [-0.4, -0.2) is 19.3 Å². The quantitative estimate of drug-likeness (QED) is 0.892. The summed E-state index contributed by atoms with van der Waals surface area (Å²) in [5.74, 6) is 0. The Hall–Kier alpha value is -0.570. The van der Waals surface area contributed by atoms with Crippen molar-refractivity contribution in [1.29, 1.82) is 0 Å². The van der Waals surface area contributed by atoms with Crippen LogP contribution in [0.25, 0.3) is 0 Å². The lowest BCUT2D eigenvalue weighted by Gasteiger charge is -2.30. The first kappa shape index (κ1) is 13.9. The molecule has 1 aromatic carbocycles. The van der Waals surface area contributed by atoms with Gasteiger partial charge in [-0.2, -0.15) is 0 Å². The Morgan fingerprint density at radius 2 is 2.00 bits per heavy atom. The van der Waals surface area contributed by atoms with Crippen molar-refractivity contribution >= 4 is 11.6 Å². The van der Waals surface area contributed by atoms with Crippen molar-refractivity contribution in [2.45, 2.75) is 50.8 Å². The molecule has 1 N–H and O–H groups in total. The fourth-order valence-electron chi connectivity index (χ4n) is 2.69. The van der Waals surface area contributed by atoms with E-state index in [1.165, 1.54) is 18.4 Å². The van der Waals surface area contributed by atoms with E-state index >= 15 is 0 Å². The molecule has 1 atom stereocenters. The van der Waals surface area contributed by atoms with Crippen LogP contribution in [-0.2, 0) is 4.74 Å². The highest BCUT2D eigenvalue weighted by molar-refractivity contribution is 6.30. The molecule has 0 aliphatic heterocycles. The number of hydrogen-bond donors (Lipinski definition) is 1. The molecule has 1 aliphatic carbocycles. The third-order valence-corrected chi connectivity index (χ3v) is 4.08. The molecule has 100 valence electrons. The second kappa shape index (κ2) is 6.55. The Kier molecular flexibility index (Phi) is 5.04. The lowest BCUT2D eigenvalue weighted by atomic mass is 9.92. The summed E-state index contributed by atoms with van der Waals surface area (Å²) in [6.45, 7) is 2.20. The molecule has 2 rings (SSSR count). The number of rotatable bonds is 4. The first-order valence-corrected chi connectivity index (χ1v) is 7.11. The SMILES string of the molecule is COC1CCC(NC(C)c2cccc(Cl)c2)CC1. The Balaban J connectivity index is 1.86. The number of benzene rings is 1. The molecular formula is C15H22ClNO. The van der Waals surface area contributed by atoms with E-state index in [0.717, 1.165) is 17.9 Å². The van der Waals surface area contributed by atoms with Gasteiger partial charge in [0.05, 0.1) is 6.10 Å². The van der Waals surface area contributed by atoms with E-state index in [2.05, 4.69) is 18.3 Å². The number of hydrogen-bond acceptors (Lipinski definition) is 2. The van der Waals surface area contributed by atoms with Crippen molar-refractivity contribution in [3.8, 4) is 0 Å². The van der Waals surface area contributed by atoms with E-state index in [9.17, 15) is 0 Å². The molecule has 0 heterocycles. The van der Waals surface area contributed by atoms with Gasteiger partial charge in [0.1, 0.15) is 0 Å². The molecule has 1 aromatic rings. The zero-order chi connectivity index (χ0) is 13.0. The van der Waals surface area contributed by atoms with Gasteiger partial charge in [-0.1, -0.05) is 23.7 Å². The molecule has 1 aliphatic rings. The van der Waals surface area contributed by atoms with Gasteiger partial charge in [0.2, 0.25) is 0 Å². The van der Waals surface area contributed by atoms with E-state index in [1.54, 1.807) is 0 Å². The minimum absolute atomic E-state index is 0.354. The van der Waals surface area contributed by atoms with Gasteiger partial charge in [-0.05, 0) is 50.3 Å². The summed E-state index contributed by atoms with van der Waals surface area (Å²) in [6.07, 6.45) is 5.18. The van der Waals surface area contributed by atoms with Crippen LogP contribution in [0, 0.1) is 0 Å². The molecule has 0 aromatic heterocycles. The van der Waals surface area contributed by atoms with Gasteiger partial charge in [-0.15, -0.1) is 0 Å². The van der Waals surface area contributed by atoms with Gasteiger partial charge in [0.25, 0.3) is 0 Å². The molecule has 0 radical (unpaired) electrons. The summed E-state index contributed by atoms with van der Waals surface area (Å²) in [7, 11) is 1.81. The van der Waals surface area contributed by atoms with Crippen molar-refractivity contribution < 1.29 is 4.74 Å². The van der Waals surface area contributed by atoms with Crippen LogP contribution in [0.3, 0.4) is 0 Å². The highest BCUT2D eigenvalue weighted by Gasteiger charge is 2.22. The standard InChI is InChI=1S/C15H22ClNO/c1-11(12-4-3-5-13(16)10-12)17-14-6-8-15(18-2)9-7-14/h3-5,10-11,14-15,17H,6-9H2,1-2H3. The molecule has 1 unspecified atom stereocenters. The predicted molar refractivity (Wildman–Crippen MR) is 76.1 cm³/mol. The molecule has 0 amide bonds. The van der Waals surface area contributed by atoms with E-state index in [4.69, 9.17) is 16.3 Å². The average molecular weight is 268 g/mol. The first-order chi connectivity index (χ1) is 8.69. The molecule has 2 nitrogen and oxygen atoms in total. The zero-order valence-electron chi connectivity index (χ0n) is 11.2. The fraction of sp³-hybridized carbons (Fsp3) is 0.600. The predicted octanol–water partition coefficient (Wildman–Crippen LogP) is 3.95. The Labute approximate surface area is 115 Å². The minimum Gasteiger partial charge on any atom is -0.381 e. The maximum absolute atomic E-state index is 6.03. The molecule has 0 spiro atoms. The Morgan fingerprint density at radius 1 is 1.28 bits per heavy atom. The second-order valence-corrected chi connectivity index (χ2v) is 5.59. The summed E-state index contributed by atoms with van der Waals surface area (Å²) >= 11 is 6.03. The van der Waals surface area contributed by atoms with Crippen LogP contribution >= 0.6 is 11.6 Å². The van der Waals surface area contributed by atoms with Crippen LogP contribution in [0.1, 0.15) is 44.2 Å². The smallest absolute Gasteiger partial charge is 0.0572 e. The van der Waals surface area contributed by atoms with Crippen LogP contribution in [0.5, 0.6) is 0 Å². The maximum Gasteiger partial charge on any atom is 0.0572 e. The van der Waals surface area contributed by atoms with Gasteiger partial charge >= 0.3 is 0 Å². The van der Waals surface area contributed by atoms with E-state index < -0.39 is 0 Å². The fourth-order valence-corrected chi connectivity index (χ4v) is 2.89. The van der Waals surface area contributed by atoms with Crippen LogP contribution in [0.15, 0.2) is 24.3 Å². The summed E-state index contributed by atoms with van der Waals surface area (Å²) in [5, 5.41) is 4.50. The van der Waals surface area contributed by atoms with E-state index in [-0.39, 0.29) is 0 Å². The van der Waals surface area contributed by atoms with Gasteiger partial charge in [-0.3, -0.25) is 0 Å². The van der Waals surface area contributed by atoms with Crippen LogP contribution in [0.2, 0.25) is 5.02 Å². The molecule has 0 saturated heterocycles. The van der Waals surface area contributed by atoms with Crippen molar-refractivity contribution in [3.63, 3.8) is 0 Å². The lowest BCUT2D eigenvalue weighted by molar-refractivity contribution is 0.0614. The maximum atomic E-state index is 6.03. The molecule has 18 heavy (non-hydrogen) atoms. The van der Waals surface area contributed by atoms with Gasteiger partial charge < -0.3 is 10.1 Å². The topological polar surface area (TPSA) is 21.3 Å². The Bertz CT molecular complexity index is 375. The number of methoxy groups -OCH3 is 1. The molecular weight excluding hydrogens is 246 g/mol. The van der Waals surface area contributed by atoms with E-state index in [1.807, 2.05) is 25.3 Å². The van der Waals surface area contributed by atoms with Gasteiger partial charge in [-0.25, -0.2) is 0 Å². The monoisotopic (exact) mass is 267 g/mol. The summed E-state index contributed by atoms with van der Waals surface area (Å²) in [5.41, 5.74) is 1.26. The van der Waals surface area contributed by atoms with Crippen molar-refractivity contribution in [1.82, 2.24) is 5.32 Å². The average Bonchev–Trinajstić information content (AvgIpc) is 2.39. The van der Waals surface area contributed by atoms with E-state index in [0.29, 0.717) is 18.2 Å². The lowest BCUT2D eigenvalue weighted by Crippen LogP contribution is -2.36. The molecule has 3 heteroatoms. The largest absolute Gasteiger partial charge is 0.381 e. The Morgan fingerprint density at radius 3 is 2.61 bits per heavy atom. The summed E-state index contributed by atoms with van der Waals surface area (Å²) in [6, 6.07) is 9.06. The van der Waals surface area contributed by atoms with Gasteiger partial charge in [0.15, 0.2) is 0 Å². The minimum atomic E-state index is 0.354. The first-order valence-electron chi connectivity index (χ1n) is 6.73. The van der Waals surface area contributed by atoms with Crippen LogP contribution < -0.4 is 5.32 Å². The third kappa shape index (κ3) is 3.71. The summed E-state index contributed by atoms with van der Waals surface area (Å²) < 4.78 is 5.40.